The van der Waals surface area contributed by atoms with Crippen molar-refractivity contribution in [2.24, 2.45) is 0 Å². The van der Waals surface area contributed by atoms with Crippen LogP contribution in [0, 0.1) is 6.92 Å². The predicted octanol–water partition coefficient (Wildman–Crippen LogP) is 2.03. The quantitative estimate of drug-likeness (QED) is 0.702. The molecule has 0 aliphatic carbocycles. The molecule has 0 saturated carbocycles. The molecule has 3 aromatic rings. The molecule has 9 nitrogen and oxygen atoms in total. The van der Waals surface area contributed by atoms with Gasteiger partial charge in [0.2, 0.25) is 5.76 Å². The van der Waals surface area contributed by atoms with E-state index < -0.39 is 6.04 Å². The van der Waals surface area contributed by atoms with E-state index in [0.29, 0.717) is 36.3 Å². The Kier molecular flexibility index (Phi) is 4.21. The monoisotopic (exact) mass is 355 g/mol. The van der Waals surface area contributed by atoms with Crippen LogP contribution in [0.2, 0.25) is 0 Å². The molecule has 0 N–H and O–H groups in total. The maximum Gasteiger partial charge on any atom is 0.293 e. The van der Waals surface area contributed by atoms with Crippen molar-refractivity contribution in [1.29, 1.82) is 0 Å². The lowest BCUT2D eigenvalue weighted by atomic mass is 10.1. The summed E-state index contributed by atoms with van der Waals surface area (Å²) in [5.41, 5.74) is 1.13. The van der Waals surface area contributed by atoms with Crippen molar-refractivity contribution in [3.63, 3.8) is 0 Å². The number of ether oxygens (including phenoxy) is 1. The normalized spacial score (nSPS) is 20.3. The van der Waals surface area contributed by atoms with Crippen LogP contribution in [0.25, 0.3) is 11.4 Å². The first-order valence-electron chi connectivity index (χ1n) is 8.24. The second-order valence-electron chi connectivity index (χ2n) is 5.99. The van der Waals surface area contributed by atoms with Crippen LogP contribution in [-0.4, -0.2) is 50.3 Å². The number of rotatable bonds is 3. The molecular weight excluding hydrogens is 338 g/mol. The van der Waals surface area contributed by atoms with Crippen LogP contribution >= 0.6 is 0 Å². The average Bonchev–Trinajstić information content (AvgIpc) is 3.31. The molecule has 1 aliphatic heterocycles. The maximum absolute atomic E-state index is 13.0. The molecule has 0 bridgehead atoms. The van der Waals surface area contributed by atoms with Gasteiger partial charge in [-0.3, -0.25) is 9.78 Å². The molecule has 1 saturated heterocycles. The van der Waals surface area contributed by atoms with Crippen LogP contribution in [0.15, 0.2) is 39.5 Å². The van der Waals surface area contributed by atoms with Crippen molar-refractivity contribution >= 4 is 5.91 Å². The zero-order chi connectivity index (χ0) is 18.1. The summed E-state index contributed by atoms with van der Waals surface area (Å²) in [5.74, 6) is 0.659. The van der Waals surface area contributed by atoms with Crippen molar-refractivity contribution in [2.75, 3.05) is 13.2 Å². The molecule has 1 amide bonds. The van der Waals surface area contributed by atoms with Gasteiger partial charge in [-0.15, -0.1) is 0 Å². The SMILES string of the molecule is Cc1noc([C@@H]2[C@@H](C)OCCN2C(=O)c2cc(-c3ccccn3)no2)n1. The summed E-state index contributed by atoms with van der Waals surface area (Å²) < 4.78 is 16.2. The van der Waals surface area contributed by atoms with E-state index in [0.717, 1.165) is 0 Å². The molecule has 4 heterocycles. The van der Waals surface area contributed by atoms with Gasteiger partial charge in [0.05, 0.1) is 18.4 Å². The van der Waals surface area contributed by atoms with Gasteiger partial charge in [0, 0.05) is 18.8 Å². The van der Waals surface area contributed by atoms with E-state index >= 15 is 0 Å². The van der Waals surface area contributed by atoms with Gasteiger partial charge in [-0.25, -0.2) is 0 Å². The Morgan fingerprint density at radius 2 is 2.12 bits per heavy atom. The highest BCUT2D eigenvalue weighted by atomic mass is 16.5. The summed E-state index contributed by atoms with van der Waals surface area (Å²) in [7, 11) is 0. The van der Waals surface area contributed by atoms with Gasteiger partial charge in [-0.1, -0.05) is 16.4 Å². The first kappa shape index (κ1) is 16.4. The lowest BCUT2D eigenvalue weighted by molar-refractivity contribution is -0.0610. The Morgan fingerprint density at radius 3 is 2.85 bits per heavy atom. The number of hydrogen-bond acceptors (Lipinski definition) is 8. The van der Waals surface area contributed by atoms with Crippen molar-refractivity contribution in [1.82, 2.24) is 25.2 Å². The van der Waals surface area contributed by atoms with E-state index in [1.165, 1.54) is 0 Å². The number of amides is 1. The lowest BCUT2D eigenvalue weighted by Gasteiger charge is -2.36. The zero-order valence-electron chi connectivity index (χ0n) is 14.3. The minimum atomic E-state index is -0.485. The number of carbonyl (C=O) groups excluding carboxylic acids is 1. The molecule has 134 valence electrons. The fourth-order valence-corrected chi connectivity index (χ4v) is 2.97. The maximum atomic E-state index is 13.0. The van der Waals surface area contributed by atoms with Crippen LogP contribution in [-0.2, 0) is 4.74 Å². The van der Waals surface area contributed by atoms with Gasteiger partial charge in [0.25, 0.3) is 11.8 Å². The van der Waals surface area contributed by atoms with Crippen molar-refractivity contribution in [3.8, 4) is 11.4 Å². The standard InChI is InChI=1S/C17H17N5O4/c1-10-15(16-19-11(2)20-26-16)22(7-8-24-10)17(23)14-9-13(21-25-14)12-5-3-4-6-18-12/h3-6,9-10,15H,7-8H2,1-2H3/t10-,15+/m1/s1. The number of aromatic nitrogens is 4. The molecule has 0 radical (unpaired) electrons. The minimum absolute atomic E-state index is 0.126. The summed E-state index contributed by atoms with van der Waals surface area (Å²) in [5, 5.41) is 7.77. The summed E-state index contributed by atoms with van der Waals surface area (Å²) in [4.78, 5) is 23.1. The van der Waals surface area contributed by atoms with E-state index in [4.69, 9.17) is 13.8 Å². The van der Waals surface area contributed by atoms with Gasteiger partial charge >= 0.3 is 0 Å². The Labute approximate surface area is 148 Å². The third-order valence-corrected chi connectivity index (χ3v) is 4.20. The van der Waals surface area contributed by atoms with E-state index in [-0.39, 0.29) is 17.8 Å². The van der Waals surface area contributed by atoms with E-state index in [1.54, 1.807) is 30.2 Å². The minimum Gasteiger partial charge on any atom is -0.374 e. The van der Waals surface area contributed by atoms with E-state index in [2.05, 4.69) is 20.3 Å². The van der Waals surface area contributed by atoms with Crippen molar-refractivity contribution in [2.45, 2.75) is 26.0 Å². The second-order valence-corrected chi connectivity index (χ2v) is 5.99. The number of carbonyl (C=O) groups is 1. The second kappa shape index (κ2) is 6.68. The average molecular weight is 355 g/mol. The van der Waals surface area contributed by atoms with Gasteiger partial charge < -0.3 is 18.7 Å². The molecule has 0 spiro atoms. The highest BCUT2D eigenvalue weighted by Gasteiger charge is 2.39. The molecule has 9 heteroatoms. The number of pyridine rings is 1. The van der Waals surface area contributed by atoms with Crippen molar-refractivity contribution in [3.05, 3.63) is 47.9 Å². The van der Waals surface area contributed by atoms with Gasteiger partial charge in [0.1, 0.15) is 11.7 Å². The van der Waals surface area contributed by atoms with Gasteiger partial charge in [-0.05, 0) is 26.0 Å². The molecule has 26 heavy (non-hydrogen) atoms. The molecule has 3 aromatic heterocycles. The topological polar surface area (TPSA) is 107 Å². The summed E-state index contributed by atoms with van der Waals surface area (Å²) in [6, 6.07) is 6.55. The first-order chi connectivity index (χ1) is 12.6. The van der Waals surface area contributed by atoms with E-state index in [9.17, 15) is 4.79 Å². The molecule has 0 aromatic carbocycles. The van der Waals surface area contributed by atoms with Crippen LogP contribution in [0.3, 0.4) is 0 Å². The van der Waals surface area contributed by atoms with Crippen LogP contribution in [0.5, 0.6) is 0 Å². The summed E-state index contributed by atoms with van der Waals surface area (Å²) >= 11 is 0. The van der Waals surface area contributed by atoms with Crippen LogP contribution < -0.4 is 0 Å². The van der Waals surface area contributed by atoms with E-state index in [1.807, 2.05) is 19.1 Å². The predicted molar refractivity (Wildman–Crippen MR) is 88.0 cm³/mol. The molecule has 2 atom stereocenters. The number of hydrogen-bond donors (Lipinski definition) is 0. The first-order valence-corrected chi connectivity index (χ1v) is 8.24. The van der Waals surface area contributed by atoms with Gasteiger partial charge in [-0.2, -0.15) is 4.98 Å². The molecule has 0 unspecified atom stereocenters. The van der Waals surface area contributed by atoms with Crippen LogP contribution in [0.1, 0.15) is 35.2 Å². The fraction of sp³-hybridized carbons (Fsp3) is 0.353. The molecule has 1 fully saturated rings. The number of aryl methyl sites for hydroxylation is 1. The Bertz CT molecular complexity index is 907. The number of morpholine rings is 1. The lowest BCUT2D eigenvalue weighted by Crippen LogP contribution is -2.47. The highest BCUT2D eigenvalue weighted by molar-refractivity contribution is 5.92. The summed E-state index contributed by atoms with van der Waals surface area (Å²) in [6.07, 6.45) is 1.37. The Balaban J connectivity index is 1.63. The highest BCUT2D eigenvalue weighted by Crippen LogP contribution is 2.30. The third kappa shape index (κ3) is 2.97. The third-order valence-electron chi connectivity index (χ3n) is 4.20. The Morgan fingerprint density at radius 1 is 1.23 bits per heavy atom. The fourth-order valence-electron chi connectivity index (χ4n) is 2.97. The molecule has 4 rings (SSSR count). The van der Waals surface area contributed by atoms with Gasteiger partial charge in [0.15, 0.2) is 5.82 Å². The molecule has 1 aliphatic rings. The number of nitrogens with zero attached hydrogens (tertiary/aromatic N) is 5. The zero-order valence-corrected chi connectivity index (χ0v) is 14.3. The van der Waals surface area contributed by atoms with Crippen molar-refractivity contribution < 1.29 is 18.6 Å². The smallest absolute Gasteiger partial charge is 0.293 e. The largest absolute Gasteiger partial charge is 0.374 e. The summed E-state index contributed by atoms with van der Waals surface area (Å²) in [6.45, 7) is 4.39. The molecular formula is C17H17N5O4. The Hall–Kier alpha value is -3.07. The van der Waals surface area contributed by atoms with Crippen LogP contribution in [0.4, 0.5) is 0 Å².